The first kappa shape index (κ1) is 14.4. The van der Waals surface area contributed by atoms with Crippen molar-refractivity contribution < 1.29 is 14.6 Å². The van der Waals surface area contributed by atoms with E-state index in [4.69, 9.17) is 9.47 Å². The molecule has 0 amide bonds. The Labute approximate surface area is 118 Å². The number of rotatable bonds is 7. The van der Waals surface area contributed by atoms with Crippen LogP contribution in [0.15, 0.2) is 30.7 Å². The zero-order valence-electron chi connectivity index (χ0n) is 11.9. The number of ether oxygens (including phenoxy) is 2. The largest absolute Gasteiger partial charge is 0.493 e. The predicted molar refractivity (Wildman–Crippen MR) is 75.8 cm³/mol. The highest BCUT2D eigenvalue weighted by Gasteiger charge is 2.11. The zero-order valence-corrected chi connectivity index (χ0v) is 11.9. The molecule has 0 unspecified atom stereocenters. The van der Waals surface area contributed by atoms with Crippen LogP contribution in [0.25, 0.3) is 0 Å². The van der Waals surface area contributed by atoms with Crippen molar-refractivity contribution in [2.24, 2.45) is 0 Å². The topological polar surface area (TPSA) is 56.5 Å². The summed E-state index contributed by atoms with van der Waals surface area (Å²) >= 11 is 0. The highest BCUT2D eigenvalue weighted by Crippen LogP contribution is 2.31. The van der Waals surface area contributed by atoms with Crippen molar-refractivity contribution in [1.29, 1.82) is 0 Å². The Hall–Kier alpha value is -2.01. The van der Waals surface area contributed by atoms with Gasteiger partial charge in [0.05, 0.1) is 31.9 Å². The van der Waals surface area contributed by atoms with E-state index in [1.54, 1.807) is 19.6 Å². The lowest BCUT2D eigenvalue weighted by atomic mass is 10.2. The molecule has 20 heavy (non-hydrogen) atoms. The van der Waals surface area contributed by atoms with Crippen LogP contribution in [0.3, 0.4) is 0 Å². The zero-order chi connectivity index (χ0) is 14.4. The standard InChI is InChI=1S/C15H20N2O3/c1-3-7-17-11-16-8-13(17)10-20-15-12(9-18)5-4-6-14(15)19-2/h4-6,8,11,18H,3,7,9-10H2,1-2H3. The van der Waals surface area contributed by atoms with Crippen LogP contribution in [0.2, 0.25) is 0 Å². The molecule has 1 aromatic heterocycles. The number of aromatic nitrogens is 2. The van der Waals surface area contributed by atoms with Gasteiger partial charge in [-0.2, -0.15) is 0 Å². The summed E-state index contributed by atoms with van der Waals surface area (Å²) in [4.78, 5) is 4.14. The van der Waals surface area contributed by atoms with E-state index in [9.17, 15) is 5.11 Å². The van der Waals surface area contributed by atoms with Gasteiger partial charge in [0.15, 0.2) is 11.5 Å². The molecule has 0 aliphatic rings. The molecule has 0 aliphatic carbocycles. The second-order valence-electron chi connectivity index (χ2n) is 4.47. The van der Waals surface area contributed by atoms with Crippen molar-refractivity contribution in [2.75, 3.05) is 7.11 Å². The fourth-order valence-electron chi connectivity index (χ4n) is 2.07. The first-order valence-corrected chi connectivity index (χ1v) is 6.68. The first-order valence-electron chi connectivity index (χ1n) is 6.68. The molecule has 5 heteroatoms. The highest BCUT2D eigenvalue weighted by molar-refractivity contribution is 5.46. The minimum absolute atomic E-state index is 0.0826. The molecule has 5 nitrogen and oxygen atoms in total. The highest BCUT2D eigenvalue weighted by atomic mass is 16.5. The van der Waals surface area contributed by atoms with Crippen molar-refractivity contribution in [3.8, 4) is 11.5 Å². The number of nitrogens with zero attached hydrogens (tertiary/aromatic N) is 2. The van der Waals surface area contributed by atoms with E-state index in [0.717, 1.165) is 18.7 Å². The van der Waals surface area contributed by atoms with Gasteiger partial charge in [-0.3, -0.25) is 0 Å². The van der Waals surface area contributed by atoms with E-state index < -0.39 is 0 Å². The summed E-state index contributed by atoms with van der Waals surface area (Å²) in [6.07, 6.45) is 4.64. The Bertz CT molecular complexity index is 530. The van der Waals surface area contributed by atoms with E-state index in [-0.39, 0.29) is 6.61 Å². The van der Waals surface area contributed by atoms with E-state index in [1.165, 1.54) is 0 Å². The van der Waals surface area contributed by atoms with Crippen molar-refractivity contribution in [3.63, 3.8) is 0 Å². The average Bonchev–Trinajstić information content (AvgIpc) is 2.92. The Kier molecular flexibility index (Phi) is 5.01. The molecule has 0 aliphatic heterocycles. The fourth-order valence-corrected chi connectivity index (χ4v) is 2.07. The van der Waals surface area contributed by atoms with Crippen LogP contribution in [0, 0.1) is 0 Å². The number of benzene rings is 1. The van der Waals surface area contributed by atoms with Gasteiger partial charge in [0.1, 0.15) is 6.61 Å². The third-order valence-corrected chi connectivity index (χ3v) is 3.08. The number of hydrogen-bond acceptors (Lipinski definition) is 4. The molecule has 0 saturated heterocycles. The van der Waals surface area contributed by atoms with Crippen LogP contribution in [0.1, 0.15) is 24.6 Å². The van der Waals surface area contributed by atoms with Crippen molar-refractivity contribution in [3.05, 3.63) is 42.0 Å². The third-order valence-electron chi connectivity index (χ3n) is 3.08. The number of aliphatic hydroxyl groups is 1. The summed E-state index contributed by atoms with van der Waals surface area (Å²) in [6.45, 7) is 3.35. The lowest BCUT2D eigenvalue weighted by Gasteiger charge is -2.14. The fraction of sp³-hybridized carbons (Fsp3) is 0.400. The number of aliphatic hydroxyl groups excluding tert-OH is 1. The molecular weight excluding hydrogens is 256 g/mol. The number of methoxy groups -OCH3 is 1. The van der Waals surface area contributed by atoms with E-state index in [2.05, 4.69) is 16.5 Å². The smallest absolute Gasteiger partial charge is 0.167 e. The van der Waals surface area contributed by atoms with Crippen molar-refractivity contribution in [2.45, 2.75) is 33.1 Å². The minimum Gasteiger partial charge on any atom is -0.493 e. The Morgan fingerprint density at radius 2 is 2.20 bits per heavy atom. The van der Waals surface area contributed by atoms with Gasteiger partial charge < -0.3 is 19.1 Å². The summed E-state index contributed by atoms with van der Waals surface area (Å²) in [7, 11) is 1.59. The van der Waals surface area contributed by atoms with Crippen LogP contribution in [-0.2, 0) is 19.8 Å². The third kappa shape index (κ3) is 3.11. The molecule has 2 rings (SSSR count). The first-order chi connectivity index (χ1) is 9.80. The van der Waals surface area contributed by atoms with Crippen molar-refractivity contribution in [1.82, 2.24) is 9.55 Å². The molecular formula is C15H20N2O3. The lowest BCUT2D eigenvalue weighted by Crippen LogP contribution is -2.06. The van der Waals surface area contributed by atoms with Crippen LogP contribution < -0.4 is 9.47 Å². The maximum absolute atomic E-state index is 9.38. The molecule has 0 fully saturated rings. The van der Waals surface area contributed by atoms with Crippen molar-refractivity contribution >= 4 is 0 Å². The van der Waals surface area contributed by atoms with Gasteiger partial charge in [-0.05, 0) is 12.5 Å². The van der Waals surface area contributed by atoms with Gasteiger partial charge >= 0.3 is 0 Å². The maximum Gasteiger partial charge on any atom is 0.167 e. The Morgan fingerprint density at radius 3 is 2.90 bits per heavy atom. The molecule has 1 N–H and O–H groups in total. The monoisotopic (exact) mass is 276 g/mol. The van der Waals surface area contributed by atoms with Crippen LogP contribution in [0.4, 0.5) is 0 Å². The lowest BCUT2D eigenvalue weighted by molar-refractivity contribution is 0.246. The summed E-state index contributed by atoms with van der Waals surface area (Å²) in [5.41, 5.74) is 1.72. The number of para-hydroxylation sites is 1. The normalized spacial score (nSPS) is 10.6. The molecule has 0 saturated carbocycles. The van der Waals surface area contributed by atoms with Gasteiger partial charge in [-0.15, -0.1) is 0 Å². The summed E-state index contributed by atoms with van der Waals surface area (Å²) in [5.74, 6) is 1.21. The second-order valence-corrected chi connectivity index (χ2v) is 4.47. The van der Waals surface area contributed by atoms with E-state index in [0.29, 0.717) is 23.7 Å². The van der Waals surface area contributed by atoms with Crippen LogP contribution in [-0.4, -0.2) is 21.8 Å². The predicted octanol–water partition coefficient (Wildman–Crippen LogP) is 2.37. The molecule has 0 atom stereocenters. The molecule has 2 aromatic rings. The average molecular weight is 276 g/mol. The number of hydrogen-bond donors (Lipinski definition) is 1. The van der Waals surface area contributed by atoms with Gasteiger partial charge in [0.2, 0.25) is 0 Å². The Morgan fingerprint density at radius 1 is 1.35 bits per heavy atom. The molecule has 0 spiro atoms. The quantitative estimate of drug-likeness (QED) is 0.843. The van der Waals surface area contributed by atoms with E-state index in [1.807, 2.05) is 18.2 Å². The number of imidazole rings is 1. The summed E-state index contributed by atoms with van der Waals surface area (Å²) in [5, 5.41) is 9.38. The maximum atomic E-state index is 9.38. The van der Waals surface area contributed by atoms with Gasteiger partial charge in [0, 0.05) is 12.1 Å². The van der Waals surface area contributed by atoms with Gasteiger partial charge in [-0.1, -0.05) is 19.1 Å². The molecule has 1 aromatic carbocycles. The van der Waals surface area contributed by atoms with Crippen LogP contribution in [0.5, 0.6) is 11.5 Å². The second kappa shape index (κ2) is 6.96. The molecule has 108 valence electrons. The van der Waals surface area contributed by atoms with Gasteiger partial charge in [0.25, 0.3) is 0 Å². The van der Waals surface area contributed by atoms with E-state index >= 15 is 0 Å². The minimum atomic E-state index is -0.0826. The summed E-state index contributed by atoms with van der Waals surface area (Å²) < 4.78 is 13.2. The molecule has 0 bridgehead atoms. The SMILES string of the molecule is CCCn1cncc1COc1c(CO)cccc1OC. The van der Waals surface area contributed by atoms with Crippen LogP contribution >= 0.6 is 0 Å². The van der Waals surface area contributed by atoms with Gasteiger partial charge in [-0.25, -0.2) is 4.98 Å². The Balaban J connectivity index is 2.16. The number of aryl methyl sites for hydroxylation is 1. The molecule has 1 heterocycles. The summed E-state index contributed by atoms with van der Waals surface area (Å²) in [6, 6.07) is 5.47. The molecule has 0 radical (unpaired) electrons.